The Kier molecular flexibility index (Phi) is 3.66. The van der Waals surface area contributed by atoms with E-state index in [1.54, 1.807) is 7.05 Å². The molecule has 1 saturated carbocycles. The van der Waals surface area contributed by atoms with Crippen molar-refractivity contribution >= 4 is 11.5 Å². The smallest absolute Gasteiger partial charge is 0.281 e. The Morgan fingerprint density at radius 2 is 1.82 bits per heavy atom. The Balaban J connectivity index is 1.96. The zero-order valence-electron chi connectivity index (χ0n) is 12.6. The average molecular weight is 298 g/mol. The third-order valence-corrected chi connectivity index (χ3v) is 3.85. The summed E-state index contributed by atoms with van der Waals surface area (Å²) in [6.07, 6.45) is 2.23. The maximum Gasteiger partial charge on any atom is 0.332 e. The molecule has 1 aromatic carbocycles. The van der Waals surface area contributed by atoms with E-state index in [1.165, 1.54) is 17.7 Å². The molecular weight excluding hydrogens is 280 g/mol. The zero-order chi connectivity index (χ0) is 15.7. The van der Waals surface area contributed by atoms with Gasteiger partial charge >= 0.3 is 5.69 Å². The number of rotatable bonds is 4. The second-order valence-electron chi connectivity index (χ2n) is 5.52. The van der Waals surface area contributed by atoms with Crippen molar-refractivity contribution in [3.63, 3.8) is 0 Å². The molecule has 1 heterocycles. The zero-order valence-corrected chi connectivity index (χ0v) is 12.6. The molecule has 6 nitrogen and oxygen atoms in total. The lowest BCUT2D eigenvalue weighted by atomic mass is 10.1. The van der Waals surface area contributed by atoms with Gasteiger partial charge in [0.25, 0.3) is 5.56 Å². The normalized spacial score (nSPS) is 14.9. The predicted octanol–water partition coefficient (Wildman–Crippen LogP) is 1.31. The van der Waals surface area contributed by atoms with E-state index in [2.05, 4.69) is 10.5 Å². The standard InChI is InChI=1S/C16H18N4O2/c1-19-13(10-14(21)20(2)16(19)22)17-18-15(12-8-9-12)11-6-4-3-5-7-11/h3-7,10,12,17H,8-9H2,1-2H3/b18-15-. The van der Waals surface area contributed by atoms with Crippen LogP contribution < -0.4 is 16.7 Å². The molecule has 0 radical (unpaired) electrons. The lowest BCUT2D eigenvalue weighted by Crippen LogP contribution is -2.37. The first-order valence-corrected chi connectivity index (χ1v) is 7.24. The van der Waals surface area contributed by atoms with Gasteiger partial charge in [0.2, 0.25) is 0 Å². The Morgan fingerprint density at radius 3 is 2.45 bits per heavy atom. The van der Waals surface area contributed by atoms with Crippen LogP contribution in [0.15, 0.2) is 51.1 Å². The molecule has 1 aromatic heterocycles. The topological polar surface area (TPSA) is 68.4 Å². The fourth-order valence-corrected chi connectivity index (χ4v) is 2.31. The van der Waals surface area contributed by atoms with E-state index in [1.807, 2.05) is 30.3 Å². The fraction of sp³-hybridized carbons (Fsp3) is 0.312. The second kappa shape index (κ2) is 5.63. The molecule has 3 rings (SSSR count). The fourth-order valence-electron chi connectivity index (χ4n) is 2.31. The van der Waals surface area contributed by atoms with E-state index in [0.29, 0.717) is 11.7 Å². The number of benzene rings is 1. The molecule has 1 aliphatic rings. The van der Waals surface area contributed by atoms with Gasteiger partial charge in [-0.15, -0.1) is 0 Å². The van der Waals surface area contributed by atoms with Crippen molar-refractivity contribution in [3.8, 4) is 0 Å². The van der Waals surface area contributed by atoms with Crippen LogP contribution in [0.25, 0.3) is 0 Å². The van der Waals surface area contributed by atoms with E-state index in [4.69, 9.17) is 0 Å². The molecule has 0 spiro atoms. The summed E-state index contributed by atoms with van der Waals surface area (Å²) in [4.78, 5) is 23.6. The van der Waals surface area contributed by atoms with Crippen molar-refractivity contribution in [1.82, 2.24) is 9.13 Å². The highest BCUT2D eigenvalue weighted by Crippen LogP contribution is 2.33. The second-order valence-corrected chi connectivity index (χ2v) is 5.52. The lowest BCUT2D eigenvalue weighted by molar-refractivity contribution is 0.690. The maximum absolute atomic E-state index is 11.9. The quantitative estimate of drug-likeness (QED) is 0.683. The van der Waals surface area contributed by atoms with Crippen molar-refractivity contribution < 1.29 is 0 Å². The number of nitrogens with zero attached hydrogens (tertiary/aromatic N) is 3. The van der Waals surface area contributed by atoms with Gasteiger partial charge < -0.3 is 0 Å². The number of hydrazone groups is 1. The summed E-state index contributed by atoms with van der Waals surface area (Å²) < 4.78 is 2.44. The number of hydrogen-bond donors (Lipinski definition) is 1. The maximum atomic E-state index is 11.9. The van der Waals surface area contributed by atoms with Gasteiger partial charge in [0.05, 0.1) is 5.71 Å². The van der Waals surface area contributed by atoms with Crippen molar-refractivity contribution in [2.24, 2.45) is 25.1 Å². The number of aromatic nitrogens is 2. The van der Waals surface area contributed by atoms with Gasteiger partial charge in [-0.3, -0.25) is 19.4 Å². The molecule has 2 aromatic rings. The third kappa shape index (κ3) is 2.72. The number of hydrogen-bond acceptors (Lipinski definition) is 4. The molecule has 0 aliphatic heterocycles. The third-order valence-electron chi connectivity index (χ3n) is 3.85. The molecule has 22 heavy (non-hydrogen) atoms. The number of anilines is 1. The summed E-state index contributed by atoms with van der Waals surface area (Å²) >= 11 is 0. The van der Waals surface area contributed by atoms with Gasteiger partial charge in [0.15, 0.2) is 0 Å². The van der Waals surface area contributed by atoms with Crippen LogP contribution in [0.1, 0.15) is 18.4 Å². The Bertz CT molecular complexity index is 829. The lowest BCUT2D eigenvalue weighted by Gasteiger charge is -2.10. The van der Waals surface area contributed by atoms with Crippen LogP contribution in [0.5, 0.6) is 0 Å². The van der Waals surface area contributed by atoms with Gasteiger partial charge in [-0.05, 0) is 18.4 Å². The highest BCUT2D eigenvalue weighted by molar-refractivity contribution is 6.03. The van der Waals surface area contributed by atoms with Crippen LogP contribution in [0.2, 0.25) is 0 Å². The summed E-state index contributed by atoms with van der Waals surface area (Å²) in [5.74, 6) is 0.834. The molecule has 6 heteroatoms. The first kappa shape index (κ1) is 14.3. The summed E-state index contributed by atoms with van der Waals surface area (Å²) in [7, 11) is 3.07. The molecule has 0 saturated heterocycles. The van der Waals surface area contributed by atoms with Gasteiger partial charge in [-0.1, -0.05) is 30.3 Å². The average Bonchev–Trinajstić information content (AvgIpc) is 3.36. The minimum atomic E-state index is -0.377. The molecule has 0 bridgehead atoms. The van der Waals surface area contributed by atoms with Crippen molar-refractivity contribution in [2.45, 2.75) is 12.8 Å². The first-order valence-electron chi connectivity index (χ1n) is 7.24. The van der Waals surface area contributed by atoms with Crippen LogP contribution in [-0.4, -0.2) is 14.8 Å². The Hall–Kier alpha value is -2.63. The Morgan fingerprint density at radius 1 is 1.14 bits per heavy atom. The van der Waals surface area contributed by atoms with Crippen LogP contribution in [0.4, 0.5) is 5.82 Å². The molecule has 0 amide bonds. The molecule has 0 unspecified atom stereocenters. The summed E-state index contributed by atoms with van der Waals surface area (Å²) in [5.41, 5.74) is 4.18. The van der Waals surface area contributed by atoms with E-state index in [-0.39, 0.29) is 11.2 Å². The highest BCUT2D eigenvalue weighted by Gasteiger charge is 2.28. The minimum Gasteiger partial charge on any atom is -0.281 e. The summed E-state index contributed by atoms with van der Waals surface area (Å²) in [6, 6.07) is 11.3. The molecule has 114 valence electrons. The SMILES string of the molecule is Cn1c(N/N=C(/c2ccccc2)C2CC2)cc(=O)n(C)c1=O. The van der Waals surface area contributed by atoms with Crippen LogP contribution in [0, 0.1) is 5.92 Å². The van der Waals surface area contributed by atoms with Gasteiger partial charge in [-0.25, -0.2) is 4.79 Å². The predicted molar refractivity (Wildman–Crippen MR) is 86.2 cm³/mol. The summed E-state index contributed by atoms with van der Waals surface area (Å²) in [6.45, 7) is 0. The highest BCUT2D eigenvalue weighted by atomic mass is 16.2. The van der Waals surface area contributed by atoms with E-state index < -0.39 is 0 Å². The Labute approximate surface area is 127 Å². The molecule has 1 N–H and O–H groups in total. The van der Waals surface area contributed by atoms with E-state index >= 15 is 0 Å². The number of nitrogens with one attached hydrogen (secondary N) is 1. The monoisotopic (exact) mass is 298 g/mol. The molecular formula is C16H18N4O2. The van der Waals surface area contributed by atoms with Gasteiger partial charge in [0, 0.05) is 26.1 Å². The van der Waals surface area contributed by atoms with Crippen LogP contribution >= 0.6 is 0 Å². The molecule has 1 fully saturated rings. The van der Waals surface area contributed by atoms with E-state index in [0.717, 1.165) is 28.7 Å². The molecule has 0 atom stereocenters. The van der Waals surface area contributed by atoms with Gasteiger partial charge in [-0.2, -0.15) is 5.10 Å². The van der Waals surface area contributed by atoms with Crippen LogP contribution in [0.3, 0.4) is 0 Å². The van der Waals surface area contributed by atoms with E-state index in [9.17, 15) is 9.59 Å². The van der Waals surface area contributed by atoms with Crippen molar-refractivity contribution in [3.05, 3.63) is 62.8 Å². The largest absolute Gasteiger partial charge is 0.332 e. The van der Waals surface area contributed by atoms with Crippen molar-refractivity contribution in [2.75, 3.05) is 5.43 Å². The summed E-state index contributed by atoms with van der Waals surface area (Å²) in [5, 5.41) is 4.46. The van der Waals surface area contributed by atoms with Crippen molar-refractivity contribution in [1.29, 1.82) is 0 Å². The van der Waals surface area contributed by atoms with Crippen LogP contribution in [-0.2, 0) is 14.1 Å². The first-order chi connectivity index (χ1) is 10.6. The minimum absolute atomic E-state index is 0.353. The van der Waals surface area contributed by atoms with Gasteiger partial charge in [0.1, 0.15) is 5.82 Å². The molecule has 1 aliphatic carbocycles.